The quantitative estimate of drug-likeness (QED) is 0.673. The summed E-state index contributed by atoms with van der Waals surface area (Å²) >= 11 is 0. The van der Waals surface area contributed by atoms with E-state index < -0.39 is 0 Å². The SMILES string of the molecule is CC(C)CC(CCC(N)=O)CC(C)C. The summed E-state index contributed by atoms with van der Waals surface area (Å²) in [6.45, 7) is 8.93. The van der Waals surface area contributed by atoms with E-state index in [1.807, 2.05) is 0 Å². The molecule has 1 amide bonds. The van der Waals surface area contributed by atoms with E-state index in [1.165, 1.54) is 12.8 Å². The van der Waals surface area contributed by atoms with Gasteiger partial charge in [0.15, 0.2) is 0 Å². The first kappa shape index (κ1) is 13.5. The maximum Gasteiger partial charge on any atom is 0.217 e. The second kappa shape index (κ2) is 6.86. The predicted molar refractivity (Wildman–Crippen MR) is 60.8 cm³/mol. The number of carbonyl (C=O) groups is 1. The minimum Gasteiger partial charge on any atom is -0.370 e. The largest absolute Gasteiger partial charge is 0.370 e. The van der Waals surface area contributed by atoms with E-state index in [0.717, 1.165) is 6.42 Å². The maximum atomic E-state index is 10.7. The highest BCUT2D eigenvalue weighted by Gasteiger charge is 2.13. The van der Waals surface area contributed by atoms with Gasteiger partial charge < -0.3 is 5.73 Å². The number of hydrogen-bond acceptors (Lipinski definition) is 1. The molecule has 2 heteroatoms. The van der Waals surface area contributed by atoms with Crippen LogP contribution in [0.25, 0.3) is 0 Å². The van der Waals surface area contributed by atoms with Gasteiger partial charge in [-0.1, -0.05) is 27.7 Å². The Hall–Kier alpha value is -0.530. The molecule has 0 aliphatic heterocycles. The van der Waals surface area contributed by atoms with Crippen molar-refractivity contribution in [1.29, 1.82) is 0 Å². The van der Waals surface area contributed by atoms with Crippen LogP contribution in [-0.2, 0) is 4.79 Å². The third-order valence-electron chi connectivity index (χ3n) is 2.41. The molecule has 0 aromatic rings. The molecule has 0 spiro atoms. The van der Waals surface area contributed by atoms with Crippen molar-refractivity contribution in [3.8, 4) is 0 Å². The standard InChI is InChI=1S/C12H25NO/c1-9(2)7-11(8-10(3)4)5-6-12(13)14/h9-11H,5-8H2,1-4H3,(H2,13,14). The van der Waals surface area contributed by atoms with Crippen molar-refractivity contribution >= 4 is 5.91 Å². The topological polar surface area (TPSA) is 43.1 Å². The molecule has 0 radical (unpaired) electrons. The van der Waals surface area contributed by atoms with Crippen LogP contribution in [-0.4, -0.2) is 5.91 Å². The van der Waals surface area contributed by atoms with Crippen LogP contribution in [0.5, 0.6) is 0 Å². The first-order chi connectivity index (χ1) is 6.41. The van der Waals surface area contributed by atoms with Crippen LogP contribution < -0.4 is 5.73 Å². The molecule has 84 valence electrons. The third-order valence-corrected chi connectivity index (χ3v) is 2.41. The van der Waals surface area contributed by atoms with Crippen LogP contribution in [0.3, 0.4) is 0 Å². The van der Waals surface area contributed by atoms with E-state index in [-0.39, 0.29) is 5.91 Å². The Bertz CT molecular complexity index is 154. The predicted octanol–water partition coefficient (Wildman–Crippen LogP) is 2.96. The summed E-state index contributed by atoms with van der Waals surface area (Å²) in [5.41, 5.74) is 5.16. The molecule has 0 aromatic heterocycles. The van der Waals surface area contributed by atoms with Gasteiger partial charge in [-0.15, -0.1) is 0 Å². The summed E-state index contributed by atoms with van der Waals surface area (Å²) in [6.07, 6.45) is 3.94. The summed E-state index contributed by atoms with van der Waals surface area (Å²) in [5.74, 6) is 1.93. The van der Waals surface area contributed by atoms with Crippen molar-refractivity contribution in [2.45, 2.75) is 53.4 Å². The number of hydrogen-bond donors (Lipinski definition) is 1. The Morgan fingerprint density at radius 2 is 1.50 bits per heavy atom. The van der Waals surface area contributed by atoms with Crippen LogP contribution in [0.4, 0.5) is 0 Å². The number of amides is 1. The highest BCUT2D eigenvalue weighted by Crippen LogP contribution is 2.24. The second-order valence-electron chi connectivity index (χ2n) is 5.13. The van der Waals surface area contributed by atoms with E-state index in [1.54, 1.807) is 0 Å². The molecule has 0 fully saturated rings. The number of carbonyl (C=O) groups excluding carboxylic acids is 1. The first-order valence-corrected chi connectivity index (χ1v) is 5.70. The van der Waals surface area contributed by atoms with Gasteiger partial charge >= 0.3 is 0 Å². The van der Waals surface area contributed by atoms with Gasteiger partial charge in [0, 0.05) is 6.42 Å². The van der Waals surface area contributed by atoms with E-state index in [9.17, 15) is 4.79 Å². The Labute approximate surface area is 88.3 Å². The van der Waals surface area contributed by atoms with Crippen molar-refractivity contribution in [2.24, 2.45) is 23.5 Å². The Balaban J connectivity index is 3.90. The van der Waals surface area contributed by atoms with Crippen LogP contribution in [0.2, 0.25) is 0 Å². The Morgan fingerprint density at radius 3 is 1.79 bits per heavy atom. The van der Waals surface area contributed by atoms with E-state index in [2.05, 4.69) is 27.7 Å². The molecule has 0 rings (SSSR count). The molecular weight excluding hydrogens is 174 g/mol. The fourth-order valence-corrected chi connectivity index (χ4v) is 2.01. The van der Waals surface area contributed by atoms with Crippen molar-refractivity contribution in [1.82, 2.24) is 0 Å². The minimum atomic E-state index is -0.164. The van der Waals surface area contributed by atoms with Crippen molar-refractivity contribution in [3.63, 3.8) is 0 Å². The van der Waals surface area contributed by atoms with Crippen molar-refractivity contribution in [2.75, 3.05) is 0 Å². The lowest BCUT2D eigenvalue weighted by Gasteiger charge is -2.20. The lowest BCUT2D eigenvalue weighted by Crippen LogP contribution is -2.15. The molecule has 0 aliphatic carbocycles. The molecule has 0 saturated heterocycles. The number of nitrogens with two attached hydrogens (primary N) is 1. The van der Waals surface area contributed by atoms with Gasteiger partial charge in [0.25, 0.3) is 0 Å². The van der Waals surface area contributed by atoms with Gasteiger partial charge in [0.05, 0.1) is 0 Å². The molecule has 14 heavy (non-hydrogen) atoms. The fourth-order valence-electron chi connectivity index (χ4n) is 2.01. The molecule has 0 atom stereocenters. The molecule has 0 bridgehead atoms. The average Bonchev–Trinajstić information content (AvgIpc) is 1.97. The molecule has 2 nitrogen and oxygen atoms in total. The lowest BCUT2D eigenvalue weighted by atomic mass is 9.86. The van der Waals surface area contributed by atoms with Crippen molar-refractivity contribution < 1.29 is 4.79 Å². The Kier molecular flexibility index (Phi) is 6.60. The molecule has 0 saturated carbocycles. The zero-order valence-corrected chi connectivity index (χ0v) is 10.0. The molecule has 2 N–H and O–H groups in total. The smallest absolute Gasteiger partial charge is 0.217 e. The summed E-state index contributed by atoms with van der Waals surface area (Å²) in [6, 6.07) is 0. The van der Waals surface area contributed by atoms with Gasteiger partial charge in [-0.25, -0.2) is 0 Å². The van der Waals surface area contributed by atoms with Gasteiger partial charge in [0.2, 0.25) is 5.91 Å². The molecule has 0 unspecified atom stereocenters. The highest BCUT2D eigenvalue weighted by molar-refractivity contribution is 5.73. The third kappa shape index (κ3) is 8.09. The van der Waals surface area contributed by atoms with E-state index in [0.29, 0.717) is 24.2 Å². The first-order valence-electron chi connectivity index (χ1n) is 5.70. The van der Waals surface area contributed by atoms with Gasteiger partial charge in [-0.2, -0.15) is 0 Å². The van der Waals surface area contributed by atoms with E-state index >= 15 is 0 Å². The van der Waals surface area contributed by atoms with Crippen LogP contribution in [0.1, 0.15) is 53.4 Å². The summed E-state index contributed by atoms with van der Waals surface area (Å²) in [5, 5.41) is 0. The normalized spacial score (nSPS) is 11.6. The van der Waals surface area contributed by atoms with Crippen LogP contribution >= 0.6 is 0 Å². The van der Waals surface area contributed by atoms with Crippen molar-refractivity contribution in [3.05, 3.63) is 0 Å². The summed E-state index contributed by atoms with van der Waals surface area (Å²) in [4.78, 5) is 10.7. The minimum absolute atomic E-state index is 0.164. The molecule has 0 aromatic carbocycles. The fraction of sp³-hybridized carbons (Fsp3) is 0.917. The van der Waals surface area contributed by atoms with Crippen LogP contribution in [0, 0.1) is 17.8 Å². The summed E-state index contributed by atoms with van der Waals surface area (Å²) in [7, 11) is 0. The number of primary amides is 1. The average molecular weight is 199 g/mol. The van der Waals surface area contributed by atoms with Gasteiger partial charge in [-0.3, -0.25) is 4.79 Å². The van der Waals surface area contributed by atoms with Gasteiger partial charge in [0.1, 0.15) is 0 Å². The second-order valence-corrected chi connectivity index (χ2v) is 5.13. The summed E-state index contributed by atoms with van der Waals surface area (Å²) < 4.78 is 0. The monoisotopic (exact) mass is 199 g/mol. The highest BCUT2D eigenvalue weighted by atomic mass is 16.1. The molecule has 0 aliphatic rings. The lowest BCUT2D eigenvalue weighted by molar-refractivity contribution is -0.118. The van der Waals surface area contributed by atoms with E-state index in [4.69, 9.17) is 5.73 Å². The van der Waals surface area contributed by atoms with Crippen LogP contribution in [0.15, 0.2) is 0 Å². The van der Waals surface area contributed by atoms with Gasteiger partial charge in [-0.05, 0) is 37.0 Å². The zero-order chi connectivity index (χ0) is 11.1. The zero-order valence-electron chi connectivity index (χ0n) is 10.0. The maximum absolute atomic E-state index is 10.7. The Morgan fingerprint density at radius 1 is 1.07 bits per heavy atom. The molecule has 0 heterocycles. The number of rotatable bonds is 7. The molecular formula is C12H25NO.